The highest BCUT2D eigenvalue weighted by molar-refractivity contribution is 6.62. The van der Waals surface area contributed by atoms with Gasteiger partial charge in [0.1, 0.15) is 5.82 Å². The first-order valence-corrected chi connectivity index (χ1v) is 13.4. The van der Waals surface area contributed by atoms with Gasteiger partial charge in [0.05, 0.1) is 42.2 Å². The van der Waals surface area contributed by atoms with Crippen molar-refractivity contribution in [3.63, 3.8) is 0 Å². The van der Waals surface area contributed by atoms with Crippen LogP contribution in [0.2, 0.25) is 0 Å². The summed E-state index contributed by atoms with van der Waals surface area (Å²) in [6, 6.07) is 7.97. The number of rotatable bonds is 6. The molecule has 38 heavy (non-hydrogen) atoms. The van der Waals surface area contributed by atoms with Crippen LogP contribution < -0.4 is 10.8 Å². The number of aromatic amines is 1. The third-order valence-corrected chi connectivity index (χ3v) is 8.17. The van der Waals surface area contributed by atoms with E-state index in [9.17, 15) is 9.59 Å². The largest absolute Gasteiger partial charge is 0.494 e. The number of carbonyl (C=O) groups is 2. The van der Waals surface area contributed by atoms with Gasteiger partial charge in [-0.25, -0.2) is 9.78 Å². The van der Waals surface area contributed by atoms with Crippen LogP contribution in [0.4, 0.5) is 4.79 Å². The number of amides is 2. The third-order valence-electron chi connectivity index (χ3n) is 8.17. The minimum absolute atomic E-state index is 0.0149. The number of hydrogen-bond donors (Lipinski definition) is 2. The molecule has 1 aromatic carbocycles. The first-order chi connectivity index (χ1) is 17.7. The van der Waals surface area contributed by atoms with Crippen LogP contribution in [-0.2, 0) is 18.8 Å². The summed E-state index contributed by atoms with van der Waals surface area (Å²) in [4.78, 5) is 35.4. The zero-order chi connectivity index (χ0) is 27.9. The second kappa shape index (κ2) is 10.4. The summed E-state index contributed by atoms with van der Waals surface area (Å²) in [6.45, 7) is 15.1. The number of nitrogens with one attached hydrogen (secondary N) is 2. The van der Waals surface area contributed by atoms with Crippen LogP contribution in [0.25, 0.3) is 11.3 Å². The third kappa shape index (κ3) is 5.61. The Morgan fingerprint density at radius 1 is 1.18 bits per heavy atom. The molecule has 2 atom stereocenters. The van der Waals surface area contributed by atoms with Crippen LogP contribution >= 0.6 is 0 Å². The molecular formula is C28H41BN4O5. The number of likely N-dealkylation sites (tertiary alicyclic amines) is 1. The van der Waals surface area contributed by atoms with Crippen LogP contribution in [0.5, 0.6) is 0 Å². The van der Waals surface area contributed by atoms with E-state index < -0.39 is 13.2 Å². The van der Waals surface area contributed by atoms with Gasteiger partial charge in [-0.3, -0.25) is 4.79 Å². The molecule has 9 nitrogen and oxygen atoms in total. The van der Waals surface area contributed by atoms with Gasteiger partial charge in [0.25, 0.3) is 0 Å². The van der Waals surface area contributed by atoms with Crippen LogP contribution in [0, 0.1) is 11.3 Å². The molecule has 2 aliphatic heterocycles. The van der Waals surface area contributed by atoms with E-state index in [2.05, 4.69) is 15.3 Å². The molecule has 1 unspecified atom stereocenters. The van der Waals surface area contributed by atoms with E-state index in [0.29, 0.717) is 6.54 Å². The first-order valence-electron chi connectivity index (χ1n) is 13.4. The Bertz CT molecular complexity index is 1140. The minimum atomic E-state index is -0.537. The number of carbonyl (C=O) groups excluding carboxylic acids is 2. The molecule has 0 radical (unpaired) electrons. The maximum atomic E-state index is 13.7. The van der Waals surface area contributed by atoms with Crippen molar-refractivity contribution >= 4 is 24.6 Å². The topological polar surface area (TPSA) is 106 Å². The van der Waals surface area contributed by atoms with Crippen LogP contribution in [0.3, 0.4) is 0 Å². The predicted octanol–water partition coefficient (Wildman–Crippen LogP) is 4.06. The quantitative estimate of drug-likeness (QED) is 0.553. The molecule has 1 aromatic heterocycles. The SMILES string of the molecule is COC(=O)NCC(C(=O)N1CCC[C@H]1c1ncc(-c2ccc(B3OC(C)(C)C(C)(C)O3)cc2)[nH]1)C(C)(C)C. The molecule has 3 heterocycles. The normalized spacial score (nSPS) is 21.4. The summed E-state index contributed by atoms with van der Waals surface area (Å²) in [7, 11) is 0.910. The Hall–Kier alpha value is -2.85. The van der Waals surface area contributed by atoms with Crippen molar-refractivity contribution in [3.05, 3.63) is 36.3 Å². The van der Waals surface area contributed by atoms with E-state index in [0.717, 1.165) is 35.4 Å². The molecule has 2 aliphatic rings. The summed E-state index contributed by atoms with van der Waals surface area (Å²) in [5.41, 5.74) is 1.74. The van der Waals surface area contributed by atoms with Gasteiger partial charge in [0, 0.05) is 13.1 Å². The number of imidazole rings is 1. The lowest BCUT2D eigenvalue weighted by atomic mass is 9.79. The van der Waals surface area contributed by atoms with E-state index >= 15 is 0 Å². The van der Waals surface area contributed by atoms with Crippen molar-refractivity contribution in [3.8, 4) is 11.3 Å². The molecule has 2 fully saturated rings. The maximum Gasteiger partial charge on any atom is 0.494 e. The number of H-pyrrole nitrogens is 1. The zero-order valence-corrected chi connectivity index (χ0v) is 23.9. The average Bonchev–Trinajstić information content (AvgIpc) is 3.56. The van der Waals surface area contributed by atoms with Crippen molar-refractivity contribution < 1.29 is 23.6 Å². The molecule has 0 saturated carbocycles. The second-order valence-electron chi connectivity index (χ2n) is 12.4. The van der Waals surface area contributed by atoms with E-state index in [1.165, 1.54) is 7.11 Å². The average molecular weight is 524 g/mol. The highest BCUT2D eigenvalue weighted by Gasteiger charge is 2.51. The molecule has 2 saturated heterocycles. The number of methoxy groups -OCH3 is 1. The fourth-order valence-corrected chi connectivity index (χ4v) is 4.99. The molecule has 0 aliphatic carbocycles. The molecule has 2 N–H and O–H groups in total. The number of nitrogens with zero attached hydrogens (tertiary/aromatic N) is 2. The van der Waals surface area contributed by atoms with Crippen molar-refractivity contribution in [2.24, 2.45) is 11.3 Å². The van der Waals surface area contributed by atoms with Gasteiger partial charge in [-0.05, 0) is 57.0 Å². The van der Waals surface area contributed by atoms with Gasteiger partial charge >= 0.3 is 13.2 Å². The van der Waals surface area contributed by atoms with E-state index in [-0.39, 0.29) is 41.0 Å². The fourth-order valence-electron chi connectivity index (χ4n) is 4.99. The number of aromatic nitrogens is 2. The van der Waals surface area contributed by atoms with Crippen LogP contribution in [0.15, 0.2) is 30.5 Å². The van der Waals surface area contributed by atoms with E-state index in [4.69, 9.17) is 14.0 Å². The zero-order valence-electron chi connectivity index (χ0n) is 23.9. The Labute approximate surface area is 226 Å². The summed E-state index contributed by atoms with van der Waals surface area (Å²) in [5.74, 6) is 0.398. The van der Waals surface area contributed by atoms with Crippen molar-refractivity contribution in [1.82, 2.24) is 20.2 Å². The molecular weight excluding hydrogens is 483 g/mol. The fraction of sp³-hybridized carbons (Fsp3) is 0.607. The molecule has 2 aromatic rings. The molecule has 0 bridgehead atoms. The van der Waals surface area contributed by atoms with Gasteiger partial charge < -0.3 is 29.2 Å². The summed E-state index contributed by atoms with van der Waals surface area (Å²) >= 11 is 0. The lowest BCUT2D eigenvalue weighted by Gasteiger charge is -2.35. The molecule has 0 spiro atoms. The van der Waals surface area contributed by atoms with Crippen molar-refractivity contribution in [2.75, 3.05) is 20.2 Å². The summed E-state index contributed by atoms with van der Waals surface area (Å²) in [6.07, 6.45) is 3.02. The number of benzene rings is 1. The Kier molecular flexibility index (Phi) is 7.69. The summed E-state index contributed by atoms with van der Waals surface area (Å²) < 4.78 is 17.0. The molecule has 4 rings (SSSR count). The highest BCUT2D eigenvalue weighted by Crippen LogP contribution is 2.38. The Morgan fingerprint density at radius 3 is 2.39 bits per heavy atom. The lowest BCUT2D eigenvalue weighted by Crippen LogP contribution is -2.46. The maximum absolute atomic E-state index is 13.7. The second-order valence-corrected chi connectivity index (χ2v) is 12.4. The smallest absolute Gasteiger partial charge is 0.453 e. The van der Waals surface area contributed by atoms with E-state index in [1.54, 1.807) is 0 Å². The van der Waals surface area contributed by atoms with Gasteiger partial charge in [0.15, 0.2) is 0 Å². The molecule has 206 valence electrons. The van der Waals surface area contributed by atoms with E-state index in [1.807, 2.05) is 83.8 Å². The number of alkyl carbamates (subject to hydrolysis) is 1. The molecule has 10 heteroatoms. The van der Waals surface area contributed by atoms with Gasteiger partial charge in [0.2, 0.25) is 5.91 Å². The number of hydrogen-bond acceptors (Lipinski definition) is 6. The Morgan fingerprint density at radius 2 is 1.82 bits per heavy atom. The monoisotopic (exact) mass is 524 g/mol. The lowest BCUT2D eigenvalue weighted by molar-refractivity contribution is -0.140. The predicted molar refractivity (Wildman–Crippen MR) is 147 cm³/mol. The molecule has 2 amide bonds. The van der Waals surface area contributed by atoms with Crippen LogP contribution in [-0.4, -0.2) is 65.4 Å². The first kappa shape index (κ1) is 28.2. The minimum Gasteiger partial charge on any atom is -0.453 e. The van der Waals surface area contributed by atoms with Crippen LogP contribution in [0.1, 0.15) is 73.2 Å². The van der Waals surface area contributed by atoms with Gasteiger partial charge in [-0.1, -0.05) is 45.0 Å². The standard InChI is InChI=1S/C28H41BN4O5/c1-26(2,3)20(16-31-25(35)36-8)24(34)33-15-9-10-22(33)23-30-17-21(32-23)18-11-13-19(14-12-18)29-37-27(4,5)28(6,7)38-29/h11-14,17,20,22H,9-10,15-16H2,1-8H3,(H,30,32)(H,31,35)/t20?,22-/m0/s1. The highest BCUT2D eigenvalue weighted by atomic mass is 16.7. The summed E-state index contributed by atoms with van der Waals surface area (Å²) in [5, 5.41) is 2.71. The van der Waals surface area contributed by atoms with Crippen molar-refractivity contribution in [1.29, 1.82) is 0 Å². The Balaban J connectivity index is 1.48. The van der Waals surface area contributed by atoms with Crippen molar-refractivity contribution in [2.45, 2.75) is 78.6 Å². The number of ether oxygens (including phenoxy) is 1. The van der Waals surface area contributed by atoms with Gasteiger partial charge in [-0.15, -0.1) is 0 Å². The van der Waals surface area contributed by atoms with Gasteiger partial charge in [-0.2, -0.15) is 0 Å².